The van der Waals surface area contributed by atoms with Gasteiger partial charge in [-0.25, -0.2) is 4.39 Å². The summed E-state index contributed by atoms with van der Waals surface area (Å²) in [6.45, 7) is 0. The number of rotatable bonds is 3. The molecule has 1 aromatic carbocycles. The number of carboxylic acids is 1. The summed E-state index contributed by atoms with van der Waals surface area (Å²) < 4.78 is 18.5. The monoisotopic (exact) mass is 252 g/mol. The zero-order valence-corrected chi connectivity index (χ0v) is 10.4. The Morgan fingerprint density at radius 3 is 2.72 bits per heavy atom. The van der Waals surface area contributed by atoms with Crippen LogP contribution in [0.4, 0.5) is 4.39 Å². The van der Waals surface area contributed by atoms with Gasteiger partial charge in [-0.2, -0.15) is 0 Å². The van der Waals surface area contributed by atoms with Crippen LogP contribution in [0, 0.1) is 11.7 Å². The molecule has 1 N–H and O–H groups in total. The summed E-state index contributed by atoms with van der Waals surface area (Å²) >= 11 is 0. The molecule has 3 nitrogen and oxygen atoms in total. The Kier molecular flexibility index (Phi) is 3.84. The van der Waals surface area contributed by atoms with Crippen LogP contribution >= 0.6 is 0 Å². The fourth-order valence-corrected chi connectivity index (χ4v) is 2.74. The van der Waals surface area contributed by atoms with Crippen LogP contribution in [0.15, 0.2) is 18.2 Å². The van der Waals surface area contributed by atoms with E-state index in [1.807, 2.05) is 0 Å². The van der Waals surface area contributed by atoms with Gasteiger partial charge in [0.05, 0.1) is 13.0 Å². The van der Waals surface area contributed by atoms with E-state index < -0.39 is 17.7 Å². The first-order chi connectivity index (χ1) is 8.63. The Hall–Kier alpha value is -1.58. The van der Waals surface area contributed by atoms with Crippen LogP contribution in [0.25, 0.3) is 0 Å². The van der Waals surface area contributed by atoms with Crippen LogP contribution in [-0.4, -0.2) is 18.2 Å². The molecule has 1 aliphatic rings. The second-order valence-corrected chi connectivity index (χ2v) is 4.73. The van der Waals surface area contributed by atoms with Gasteiger partial charge in [-0.15, -0.1) is 0 Å². The largest absolute Gasteiger partial charge is 0.494 e. The van der Waals surface area contributed by atoms with Crippen molar-refractivity contribution in [1.29, 1.82) is 0 Å². The van der Waals surface area contributed by atoms with Gasteiger partial charge in [0.1, 0.15) is 0 Å². The highest BCUT2D eigenvalue weighted by Gasteiger charge is 2.32. The number of hydrogen-bond acceptors (Lipinski definition) is 2. The fourth-order valence-electron chi connectivity index (χ4n) is 2.74. The summed E-state index contributed by atoms with van der Waals surface area (Å²) in [5, 5.41) is 9.22. The molecule has 2 unspecified atom stereocenters. The van der Waals surface area contributed by atoms with E-state index in [0.29, 0.717) is 6.42 Å². The predicted octanol–water partition coefficient (Wildman–Crippen LogP) is 3.19. The Labute approximate surface area is 106 Å². The number of ether oxygens (including phenoxy) is 1. The Morgan fingerprint density at radius 2 is 2.11 bits per heavy atom. The molecule has 1 saturated carbocycles. The van der Waals surface area contributed by atoms with E-state index in [1.54, 1.807) is 12.1 Å². The molecule has 18 heavy (non-hydrogen) atoms. The zero-order valence-electron chi connectivity index (χ0n) is 10.4. The second kappa shape index (κ2) is 5.38. The van der Waals surface area contributed by atoms with Crippen molar-refractivity contribution in [2.45, 2.75) is 31.6 Å². The third kappa shape index (κ3) is 2.47. The van der Waals surface area contributed by atoms with Crippen molar-refractivity contribution < 1.29 is 19.0 Å². The summed E-state index contributed by atoms with van der Waals surface area (Å²) in [5.41, 5.74) is 0.764. The third-order valence-electron chi connectivity index (χ3n) is 3.69. The molecule has 2 rings (SSSR count). The van der Waals surface area contributed by atoms with E-state index >= 15 is 0 Å². The minimum absolute atomic E-state index is 0.0864. The van der Waals surface area contributed by atoms with Crippen molar-refractivity contribution in [2.24, 2.45) is 5.92 Å². The van der Waals surface area contributed by atoms with Gasteiger partial charge < -0.3 is 9.84 Å². The van der Waals surface area contributed by atoms with Gasteiger partial charge >= 0.3 is 5.97 Å². The van der Waals surface area contributed by atoms with E-state index in [1.165, 1.54) is 13.2 Å². The summed E-state index contributed by atoms with van der Waals surface area (Å²) in [7, 11) is 1.42. The first kappa shape index (κ1) is 12.9. The zero-order chi connectivity index (χ0) is 13.1. The lowest BCUT2D eigenvalue weighted by molar-refractivity contribution is -0.143. The number of carbonyl (C=O) groups is 1. The van der Waals surface area contributed by atoms with Crippen molar-refractivity contribution in [3.05, 3.63) is 29.6 Å². The van der Waals surface area contributed by atoms with Gasteiger partial charge in [0, 0.05) is 0 Å². The Balaban J connectivity index is 2.28. The van der Waals surface area contributed by atoms with Crippen molar-refractivity contribution in [3.8, 4) is 5.75 Å². The molecule has 0 aromatic heterocycles. The van der Waals surface area contributed by atoms with Crippen LogP contribution in [0.3, 0.4) is 0 Å². The summed E-state index contributed by atoms with van der Waals surface area (Å²) in [6, 6.07) is 4.75. The van der Waals surface area contributed by atoms with Crippen molar-refractivity contribution in [3.63, 3.8) is 0 Å². The van der Waals surface area contributed by atoms with Gasteiger partial charge in [-0.05, 0) is 36.5 Å². The molecule has 0 radical (unpaired) electrons. The molecule has 0 spiro atoms. The molecular formula is C14H17FO3. The summed E-state index contributed by atoms with van der Waals surface area (Å²) in [5.74, 6) is -1.50. The smallest absolute Gasteiger partial charge is 0.307 e. The molecular weight excluding hydrogens is 235 g/mol. The molecule has 0 amide bonds. The Bertz CT molecular complexity index is 445. The first-order valence-corrected chi connectivity index (χ1v) is 6.19. The molecule has 0 saturated heterocycles. The highest BCUT2D eigenvalue weighted by Crippen LogP contribution is 2.38. The number of hydrogen-bond donors (Lipinski definition) is 1. The minimum Gasteiger partial charge on any atom is -0.494 e. The predicted molar refractivity (Wildman–Crippen MR) is 65.3 cm³/mol. The number of methoxy groups -OCH3 is 1. The van der Waals surface area contributed by atoms with E-state index in [0.717, 1.165) is 24.8 Å². The lowest BCUT2D eigenvalue weighted by atomic mass is 9.75. The molecule has 1 aromatic rings. The number of aliphatic carboxylic acids is 1. The minimum atomic E-state index is -0.782. The van der Waals surface area contributed by atoms with Crippen LogP contribution in [0.5, 0.6) is 5.75 Å². The lowest BCUT2D eigenvalue weighted by Crippen LogP contribution is -2.25. The quantitative estimate of drug-likeness (QED) is 0.898. The highest BCUT2D eigenvalue weighted by atomic mass is 19.1. The highest BCUT2D eigenvalue weighted by molar-refractivity contribution is 5.71. The van der Waals surface area contributed by atoms with Crippen LogP contribution in [0.1, 0.15) is 37.2 Å². The average Bonchev–Trinajstić information content (AvgIpc) is 2.38. The third-order valence-corrected chi connectivity index (χ3v) is 3.69. The molecule has 0 heterocycles. The average molecular weight is 252 g/mol. The van der Waals surface area contributed by atoms with E-state index in [-0.39, 0.29) is 11.7 Å². The molecule has 4 heteroatoms. The normalized spacial score (nSPS) is 23.7. The van der Waals surface area contributed by atoms with Crippen molar-refractivity contribution in [2.75, 3.05) is 7.11 Å². The van der Waals surface area contributed by atoms with Crippen LogP contribution < -0.4 is 4.74 Å². The standard InChI is InChI=1S/C14H17FO3/c1-18-13-7-6-9(8-12(13)15)10-4-2-3-5-11(10)14(16)17/h6-8,10-11H,2-5H2,1H3,(H,16,17). The van der Waals surface area contributed by atoms with Gasteiger partial charge in [-0.1, -0.05) is 18.9 Å². The van der Waals surface area contributed by atoms with Gasteiger partial charge in [0.25, 0.3) is 0 Å². The molecule has 1 aliphatic carbocycles. The van der Waals surface area contributed by atoms with Crippen molar-refractivity contribution in [1.82, 2.24) is 0 Å². The first-order valence-electron chi connectivity index (χ1n) is 6.19. The van der Waals surface area contributed by atoms with Crippen LogP contribution in [-0.2, 0) is 4.79 Å². The summed E-state index contributed by atoms with van der Waals surface area (Å²) in [6.07, 6.45) is 3.42. The number of halogens is 1. The van der Waals surface area contributed by atoms with Crippen LogP contribution in [0.2, 0.25) is 0 Å². The molecule has 98 valence electrons. The maximum Gasteiger partial charge on any atom is 0.307 e. The number of carboxylic acid groups (broad SMARTS) is 1. The molecule has 0 bridgehead atoms. The lowest BCUT2D eigenvalue weighted by Gasteiger charge is -2.29. The van der Waals surface area contributed by atoms with E-state index in [2.05, 4.69) is 0 Å². The van der Waals surface area contributed by atoms with Gasteiger partial charge in [0.15, 0.2) is 11.6 Å². The van der Waals surface area contributed by atoms with Gasteiger partial charge in [-0.3, -0.25) is 4.79 Å². The number of benzene rings is 1. The molecule has 1 fully saturated rings. The SMILES string of the molecule is COc1ccc(C2CCCCC2C(=O)O)cc1F. The maximum atomic E-state index is 13.7. The maximum absolute atomic E-state index is 13.7. The summed E-state index contributed by atoms with van der Waals surface area (Å²) in [4.78, 5) is 11.2. The molecule has 0 aliphatic heterocycles. The van der Waals surface area contributed by atoms with E-state index in [4.69, 9.17) is 4.74 Å². The topological polar surface area (TPSA) is 46.5 Å². The fraction of sp³-hybridized carbons (Fsp3) is 0.500. The van der Waals surface area contributed by atoms with E-state index in [9.17, 15) is 14.3 Å². The van der Waals surface area contributed by atoms with Crippen molar-refractivity contribution >= 4 is 5.97 Å². The van der Waals surface area contributed by atoms with Gasteiger partial charge in [0.2, 0.25) is 0 Å². The Morgan fingerprint density at radius 1 is 1.39 bits per heavy atom. The second-order valence-electron chi connectivity index (χ2n) is 4.73. The molecule has 2 atom stereocenters.